The van der Waals surface area contributed by atoms with E-state index in [1.54, 1.807) is 12.1 Å². The zero-order valence-electron chi connectivity index (χ0n) is 14.4. The van der Waals surface area contributed by atoms with Gasteiger partial charge in [0.05, 0.1) is 5.52 Å². The molecular formula is C19H19Cl3N4O. The second-order valence-electron chi connectivity index (χ2n) is 6.47. The third kappa shape index (κ3) is 4.22. The molecule has 27 heavy (non-hydrogen) atoms. The molecule has 1 aliphatic rings. The Balaban J connectivity index is 0.00000210. The number of nitrogens with zero attached hydrogens (tertiary/aromatic N) is 1. The molecule has 1 atom stereocenters. The molecule has 8 heteroatoms. The average Bonchev–Trinajstić information content (AvgIpc) is 3.25. The van der Waals surface area contributed by atoms with Crippen LogP contribution in [0.25, 0.3) is 22.0 Å². The van der Waals surface area contributed by atoms with Crippen molar-refractivity contribution in [2.75, 3.05) is 11.9 Å². The Morgan fingerprint density at radius 1 is 1.22 bits per heavy atom. The molecule has 0 aliphatic carbocycles. The van der Waals surface area contributed by atoms with Crippen LogP contribution in [-0.2, 0) is 4.79 Å². The van der Waals surface area contributed by atoms with Gasteiger partial charge in [0.15, 0.2) is 5.82 Å². The molecule has 1 aliphatic heterocycles. The van der Waals surface area contributed by atoms with Crippen LogP contribution in [0.3, 0.4) is 0 Å². The fraction of sp³-hybridized carbons (Fsp3) is 0.263. The molecule has 5 nitrogen and oxygen atoms in total. The molecule has 0 spiro atoms. The van der Waals surface area contributed by atoms with Crippen molar-refractivity contribution in [3.8, 4) is 11.1 Å². The van der Waals surface area contributed by atoms with Crippen molar-refractivity contribution in [2.24, 2.45) is 0 Å². The van der Waals surface area contributed by atoms with Gasteiger partial charge < -0.3 is 10.6 Å². The summed E-state index contributed by atoms with van der Waals surface area (Å²) in [4.78, 5) is 12.3. The number of rotatable bonds is 4. The number of hydrogen-bond donors (Lipinski definition) is 3. The number of aromatic nitrogens is 2. The summed E-state index contributed by atoms with van der Waals surface area (Å²) in [6.07, 6.45) is 2.60. The fourth-order valence-corrected chi connectivity index (χ4v) is 3.99. The van der Waals surface area contributed by atoms with Gasteiger partial charge in [-0.15, -0.1) is 12.4 Å². The zero-order valence-corrected chi connectivity index (χ0v) is 16.7. The van der Waals surface area contributed by atoms with Crippen molar-refractivity contribution in [3.05, 3.63) is 46.4 Å². The number of H-pyrrole nitrogens is 1. The summed E-state index contributed by atoms with van der Waals surface area (Å²) in [5, 5.41) is 15.4. The third-order valence-electron chi connectivity index (χ3n) is 4.67. The lowest BCUT2D eigenvalue weighted by molar-refractivity contribution is -0.116. The van der Waals surface area contributed by atoms with Crippen molar-refractivity contribution in [2.45, 2.75) is 25.3 Å². The van der Waals surface area contributed by atoms with Gasteiger partial charge in [0, 0.05) is 33.5 Å². The molecule has 0 saturated carbocycles. The number of carbonyl (C=O) groups excluding carboxylic acids is 1. The molecule has 4 rings (SSSR count). The van der Waals surface area contributed by atoms with E-state index in [9.17, 15) is 4.79 Å². The van der Waals surface area contributed by atoms with Crippen LogP contribution in [-0.4, -0.2) is 28.7 Å². The molecule has 1 aromatic heterocycles. The molecule has 3 N–H and O–H groups in total. The summed E-state index contributed by atoms with van der Waals surface area (Å²) in [5.41, 5.74) is 2.49. The Hall–Kier alpha value is -1.79. The first-order valence-electron chi connectivity index (χ1n) is 8.57. The van der Waals surface area contributed by atoms with Crippen LogP contribution in [0.4, 0.5) is 5.82 Å². The minimum absolute atomic E-state index is 0. The molecule has 3 aromatic rings. The number of aromatic amines is 1. The van der Waals surface area contributed by atoms with Crippen molar-refractivity contribution < 1.29 is 4.79 Å². The Kier molecular flexibility index (Phi) is 6.27. The lowest BCUT2D eigenvalue weighted by atomic mass is 10.0. The lowest BCUT2D eigenvalue weighted by Crippen LogP contribution is -2.27. The van der Waals surface area contributed by atoms with Gasteiger partial charge in [-0.1, -0.05) is 35.3 Å². The van der Waals surface area contributed by atoms with E-state index in [2.05, 4.69) is 20.8 Å². The monoisotopic (exact) mass is 424 g/mol. The minimum atomic E-state index is -0.0426. The summed E-state index contributed by atoms with van der Waals surface area (Å²) in [6.45, 7) is 0.977. The van der Waals surface area contributed by atoms with Gasteiger partial charge >= 0.3 is 0 Å². The number of halogens is 3. The smallest absolute Gasteiger partial charge is 0.227 e. The van der Waals surface area contributed by atoms with Crippen LogP contribution in [0, 0.1) is 0 Å². The van der Waals surface area contributed by atoms with E-state index < -0.39 is 0 Å². The van der Waals surface area contributed by atoms with Crippen LogP contribution in [0.15, 0.2) is 36.4 Å². The predicted octanol–water partition coefficient (Wildman–Crippen LogP) is 5.04. The van der Waals surface area contributed by atoms with E-state index >= 15 is 0 Å². The van der Waals surface area contributed by atoms with Crippen LogP contribution in [0.1, 0.15) is 19.3 Å². The highest BCUT2D eigenvalue weighted by Crippen LogP contribution is 2.36. The molecular weight excluding hydrogens is 407 g/mol. The second kappa shape index (κ2) is 8.48. The fourth-order valence-electron chi connectivity index (χ4n) is 3.38. The lowest BCUT2D eigenvalue weighted by Gasteiger charge is -2.10. The molecule has 2 aromatic carbocycles. The standard InChI is InChI=1S/C19H18Cl2N4O.ClH/c20-14-4-1-5-15(21)18(14)11-6-7-16-13(9-11)19(25-24-16)23-17(26)10-12-3-2-8-22-12;/h1,4-7,9,12,22H,2-3,8,10H2,(H2,23,24,25,26);1H/t12-;/m0./s1. The Morgan fingerprint density at radius 3 is 2.70 bits per heavy atom. The number of hydrogen-bond acceptors (Lipinski definition) is 3. The first-order valence-corrected chi connectivity index (χ1v) is 9.33. The van der Waals surface area contributed by atoms with Gasteiger partial charge in [-0.3, -0.25) is 9.89 Å². The number of benzene rings is 2. The van der Waals surface area contributed by atoms with E-state index in [4.69, 9.17) is 23.2 Å². The molecule has 1 fully saturated rings. The minimum Gasteiger partial charge on any atom is -0.313 e. The molecule has 142 valence electrons. The van der Waals surface area contributed by atoms with E-state index in [1.807, 2.05) is 24.3 Å². The van der Waals surface area contributed by atoms with Gasteiger partial charge in [0.25, 0.3) is 0 Å². The molecule has 0 radical (unpaired) electrons. The van der Waals surface area contributed by atoms with E-state index in [1.165, 1.54) is 0 Å². The summed E-state index contributed by atoms with van der Waals surface area (Å²) in [5.74, 6) is 0.479. The van der Waals surface area contributed by atoms with Gasteiger partial charge in [0.1, 0.15) is 0 Å². The SMILES string of the molecule is Cl.O=C(C[C@@H]1CCCN1)Nc1n[nH]c2ccc(-c3c(Cl)cccc3Cl)cc12. The van der Waals surface area contributed by atoms with Crippen LogP contribution in [0.5, 0.6) is 0 Å². The average molecular weight is 426 g/mol. The Bertz CT molecular complexity index is 946. The normalized spacial score (nSPS) is 16.3. The molecule has 1 amide bonds. The van der Waals surface area contributed by atoms with E-state index in [0.717, 1.165) is 41.4 Å². The quantitative estimate of drug-likeness (QED) is 0.548. The molecule has 2 heterocycles. The molecule has 0 unspecified atom stereocenters. The largest absolute Gasteiger partial charge is 0.313 e. The van der Waals surface area contributed by atoms with Crippen LogP contribution >= 0.6 is 35.6 Å². The van der Waals surface area contributed by atoms with Crippen molar-refractivity contribution in [1.82, 2.24) is 15.5 Å². The van der Waals surface area contributed by atoms with Gasteiger partial charge in [0.2, 0.25) is 5.91 Å². The highest BCUT2D eigenvalue weighted by Gasteiger charge is 2.19. The van der Waals surface area contributed by atoms with Crippen molar-refractivity contribution >= 4 is 58.2 Å². The van der Waals surface area contributed by atoms with E-state index in [-0.39, 0.29) is 24.4 Å². The van der Waals surface area contributed by atoms with Gasteiger partial charge in [-0.2, -0.15) is 5.10 Å². The molecule has 0 bridgehead atoms. The van der Waals surface area contributed by atoms with Crippen molar-refractivity contribution in [1.29, 1.82) is 0 Å². The van der Waals surface area contributed by atoms with E-state index in [0.29, 0.717) is 22.3 Å². The highest BCUT2D eigenvalue weighted by atomic mass is 35.5. The number of fused-ring (bicyclic) bond motifs is 1. The maximum atomic E-state index is 12.3. The topological polar surface area (TPSA) is 69.8 Å². The van der Waals surface area contributed by atoms with Gasteiger partial charge in [-0.05, 0) is 49.2 Å². The molecule has 1 saturated heterocycles. The second-order valence-corrected chi connectivity index (χ2v) is 7.29. The number of amides is 1. The Labute approximate surface area is 173 Å². The number of anilines is 1. The summed E-state index contributed by atoms with van der Waals surface area (Å²) in [7, 11) is 0. The van der Waals surface area contributed by atoms with Gasteiger partial charge in [-0.25, -0.2) is 0 Å². The zero-order chi connectivity index (χ0) is 18.1. The highest BCUT2D eigenvalue weighted by molar-refractivity contribution is 6.39. The summed E-state index contributed by atoms with van der Waals surface area (Å²) in [6, 6.07) is 11.5. The number of nitrogens with one attached hydrogen (secondary N) is 3. The summed E-state index contributed by atoms with van der Waals surface area (Å²) >= 11 is 12.6. The number of carbonyl (C=O) groups is 1. The maximum absolute atomic E-state index is 12.3. The first kappa shape index (κ1) is 20.0. The van der Waals surface area contributed by atoms with Crippen LogP contribution < -0.4 is 10.6 Å². The summed E-state index contributed by atoms with van der Waals surface area (Å²) < 4.78 is 0. The van der Waals surface area contributed by atoms with Crippen molar-refractivity contribution in [3.63, 3.8) is 0 Å². The Morgan fingerprint density at radius 2 is 2.00 bits per heavy atom. The van der Waals surface area contributed by atoms with Crippen LogP contribution in [0.2, 0.25) is 10.0 Å². The predicted molar refractivity (Wildman–Crippen MR) is 113 cm³/mol. The third-order valence-corrected chi connectivity index (χ3v) is 5.30. The first-order chi connectivity index (χ1) is 12.6. The maximum Gasteiger partial charge on any atom is 0.227 e.